The van der Waals surface area contributed by atoms with Gasteiger partial charge in [-0.3, -0.25) is 4.98 Å². The lowest BCUT2D eigenvalue weighted by atomic mass is 10.1. The van der Waals surface area contributed by atoms with E-state index in [1.54, 1.807) is 30.5 Å². The first-order chi connectivity index (χ1) is 7.16. The number of phenols is 1. The molecule has 0 spiro atoms. The number of rotatable bonds is 1. The fourth-order valence-corrected chi connectivity index (χ4v) is 1.33. The molecule has 0 saturated carbocycles. The van der Waals surface area contributed by atoms with Gasteiger partial charge in [0.05, 0.1) is 17.6 Å². The third-order valence-corrected chi connectivity index (χ3v) is 2.08. The molecule has 0 bridgehead atoms. The summed E-state index contributed by atoms with van der Waals surface area (Å²) in [6.07, 6.45) is 1.55. The fourth-order valence-electron chi connectivity index (χ4n) is 1.33. The minimum absolute atomic E-state index is 0.118. The van der Waals surface area contributed by atoms with Gasteiger partial charge in [-0.15, -0.1) is 0 Å². The van der Waals surface area contributed by atoms with Crippen molar-refractivity contribution in [1.29, 1.82) is 0 Å². The van der Waals surface area contributed by atoms with E-state index >= 15 is 0 Å². The molecule has 0 unspecified atom stereocenters. The average Bonchev–Trinajstić information content (AvgIpc) is 2.20. The molecule has 4 heteroatoms. The van der Waals surface area contributed by atoms with Crippen molar-refractivity contribution in [2.75, 3.05) is 11.5 Å². The summed E-state index contributed by atoms with van der Waals surface area (Å²) < 4.78 is 0. The number of nitrogens with zero attached hydrogens (tertiary/aromatic N) is 1. The summed E-state index contributed by atoms with van der Waals surface area (Å²) >= 11 is 0. The summed E-state index contributed by atoms with van der Waals surface area (Å²) in [6.45, 7) is 0. The monoisotopic (exact) mass is 201 g/mol. The van der Waals surface area contributed by atoms with Crippen LogP contribution in [0.15, 0.2) is 36.5 Å². The Balaban J connectivity index is 2.49. The van der Waals surface area contributed by atoms with E-state index in [1.807, 2.05) is 0 Å². The van der Waals surface area contributed by atoms with Crippen LogP contribution in [0, 0.1) is 0 Å². The summed E-state index contributed by atoms with van der Waals surface area (Å²) in [6, 6.07) is 8.42. The smallest absolute Gasteiger partial charge is 0.127 e. The van der Waals surface area contributed by atoms with Crippen LogP contribution in [0.1, 0.15) is 0 Å². The lowest BCUT2D eigenvalue weighted by Crippen LogP contribution is -1.90. The van der Waals surface area contributed by atoms with E-state index in [4.69, 9.17) is 11.5 Å². The molecule has 0 aliphatic carbocycles. The molecule has 0 saturated heterocycles. The van der Waals surface area contributed by atoms with E-state index in [9.17, 15) is 5.11 Å². The second-order valence-corrected chi connectivity index (χ2v) is 3.25. The number of anilines is 2. The second-order valence-electron chi connectivity index (χ2n) is 3.25. The minimum atomic E-state index is 0.118. The maximum absolute atomic E-state index is 9.66. The highest BCUT2D eigenvalue weighted by atomic mass is 16.3. The molecule has 76 valence electrons. The molecular weight excluding hydrogens is 190 g/mol. The van der Waals surface area contributed by atoms with Gasteiger partial charge in [-0.1, -0.05) is 0 Å². The highest BCUT2D eigenvalue weighted by Gasteiger charge is 2.05. The van der Waals surface area contributed by atoms with E-state index in [0.29, 0.717) is 22.6 Å². The Morgan fingerprint density at radius 2 is 1.73 bits per heavy atom. The predicted molar refractivity (Wildman–Crippen MR) is 60.2 cm³/mol. The van der Waals surface area contributed by atoms with Crippen LogP contribution in [0.3, 0.4) is 0 Å². The highest BCUT2D eigenvalue weighted by Crippen LogP contribution is 2.29. The van der Waals surface area contributed by atoms with Crippen molar-refractivity contribution in [3.63, 3.8) is 0 Å². The largest absolute Gasteiger partial charge is 0.507 e. The van der Waals surface area contributed by atoms with Crippen LogP contribution in [0.25, 0.3) is 11.3 Å². The maximum Gasteiger partial charge on any atom is 0.127 e. The van der Waals surface area contributed by atoms with Crippen LogP contribution in [-0.4, -0.2) is 10.1 Å². The SMILES string of the molecule is Nc1ccc(-c2ccc(N)cc2O)nc1. The summed E-state index contributed by atoms with van der Waals surface area (Å²) in [4.78, 5) is 4.11. The van der Waals surface area contributed by atoms with Crippen LogP contribution in [0.5, 0.6) is 5.75 Å². The van der Waals surface area contributed by atoms with E-state index in [-0.39, 0.29) is 5.75 Å². The number of pyridine rings is 1. The van der Waals surface area contributed by atoms with Crippen LogP contribution in [0.2, 0.25) is 0 Å². The normalized spacial score (nSPS) is 10.1. The van der Waals surface area contributed by atoms with Crippen LogP contribution in [0.4, 0.5) is 11.4 Å². The number of hydrogen-bond acceptors (Lipinski definition) is 4. The zero-order valence-electron chi connectivity index (χ0n) is 8.01. The van der Waals surface area contributed by atoms with E-state index in [0.717, 1.165) is 0 Å². The van der Waals surface area contributed by atoms with Crippen molar-refractivity contribution >= 4 is 11.4 Å². The molecule has 2 rings (SSSR count). The Morgan fingerprint density at radius 3 is 2.33 bits per heavy atom. The van der Waals surface area contributed by atoms with Gasteiger partial charge < -0.3 is 16.6 Å². The van der Waals surface area contributed by atoms with E-state index in [2.05, 4.69) is 4.98 Å². The van der Waals surface area contributed by atoms with Crippen LogP contribution in [-0.2, 0) is 0 Å². The Hall–Kier alpha value is -2.23. The molecular formula is C11H11N3O. The molecule has 0 aliphatic heterocycles. The molecule has 4 nitrogen and oxygen atoms in total. The van der Waals surface area contributed by atoms with Gasteiger partial charge in [0.25, 0.3) is 0 Å². The standard InChI is InChI=1S/C11H11N3O/c12-7-1-3-9(11(15)5-7)10-4-2-8(13)6-14-10/h1-6,15H,12-13H2. The zero-order chi connectivity index (χ0) is 10.8. The van der Waals surface area contributed by atoms with Gasteiger partial charge in [-0.05, 0) is 24.3 Å². The van der Waals surface area contributed by atoms with Crippen LogP contribution >= 0.6 is 0 Å². The summed E-state index contributed by atoms with van der Waals surface area (Å²) in [5.74, 6) is 0.118. The molecule has 0 atom stereocenters. The van der Waals surface area contributed by atoms with Crippen molar-refractivity contribution in [3.8, 4) is 17.0 Å². The van der Waals surface area contributed by atoms with Crippen molar-refractivity contribution in [2.45, 2.75) is 0 Å². The zero-order valence-corrected chi connectivity index (χ0v) is 8.01. The van der Waals surface area contributed by atoms with Crippen molar-refractivity contribution in [2.24, 2.45) is 0 Å². The van der Waals surface area contributed by atoms with Gasteiger partial charge in [0.15, 0.2) is 0 Å². The first-order valence-electron chi connectivity index (χ1n) is 4.47. The Kier molecular flexibility index (Phi) is 2.17. The second kappa shape index (κ2) is 3.49. The third-order valence-electron chi connectivity index (χ3n) is 2.08. The number of benzene rings is 1. The molecule has 15 heavy (non-hydrogen) atoms. The summed E-state index contributed by atoms with van der Waals surface area (Å²) in [5, 5.41) is 9.66. The number of aromatic hydroxyl groups is 1. The molecule has 2 aromatic rings. The maximum atomic E-state index is 9.66. The quantitative estimate of drug-likeness (QED) is 0.612. The topological polar surface area (TPSA) is 85.2 Å². The molecule has 1 aromatic carbocycles. The van der Waals surface area contributed by atoms with Crippen molar-refractivity contribution < 1.29 is 5.11 Å². The number of hydrogen-bond donors (Lipinski definition) is 3. The molecule has 1 heterocycles. The Labute approximate surface area is 87.2 Å². The Morgan fingerprint density at radius 1 is 1.00 bits per heavy atom. The average molecular weight is 201 g/mol. The summed E-state index contributed by atoms with van der Waals surface area (Å²) in [7, 11) is 0. The molecule has 5 N–H and O–H groups in total. The number of nitrogens with two attached hydrogens (primary N) is 2. The molecule has 1 aromatic heterocycles. The predicted octanol–water partition coefficient (Wildman–Crippen LogP) is 1.62. The third kappa shape index (κ3) is 1.83. The first kappa shape index (κ1) is 9.33. The lowest BCUT2D eigenvalue weighted by molar-refractivity contribution is 0.477. The van der Waals surface area contributed by atoms with Crippen LogP contribution < -0.4 is 11.5 Å². The molecule has 0 amide bonds. The lowest BCUT2D eigenvalue weighted by Gasteiger charge is -2.04. The summed E-state index contributed by atoms with van der Waals surface area (Å²) in [5.41, 5.74) is 13.5. The van der Waals surface area contributed by atoms with Gasteiger partial charge in [0.2, 0.25) is 0 Å². The van der Waals surface area contributed by atoms with Crippen molar-refractivity contribution in [3.05, 3.63) is 36.5 Å². The number of phenolic OH excluding ortho intramolecular Hbond substituents is 1. The minimum Gasteiger partial charge on any atom is -0.507 e. The number of aromatic nitrogens is 1. The number of nitrogen functional groups attached to an aromatic ring is 2. The molecule has 0 radical (unpaired) electrons. The van der Waals surface area contributed by atoms with E-state index < -0.39 is 0 Å². The molecule has 0 aliphatic rings. The highest BCUT2D eigenvalue weighted by molar-refractivity contribution is 5.70. The van der Waals surface area contributed by atoms with Gasteiger partial charge in [0, 0.05) is 17.3 Å². The first-order valence-corrected chi connectivity index (χ1v) is 4.47. The van der Waals surface area contributed by atoms with Crippen molar-refractivity contribution in [1.82, 2.24) is 4.98 Å². The van der Waals surface area contributed by atoms with Gasteiger partial charge in [-0.2, -0.15) is 0 Å². The van der Waals surface area contributed by atoms with Gasteiger partial charge in [-0.25, -0.2) is 0 Å². The van der Waals surface area contributed by atoms with Gasteiger partial charge >= 0.3 is 0 Å². The Bertz CT molecular complexity index is 480. The van der Waals surface area contributed by atoms with E-state index in [1.165, 1.54) is 6.07 Å². The molecule has 0 fully saturated rings. The fraction of sp³-hybridized carbons (Fsp3) is 0. The van der Waals surface area contributed by atoms with Gasteiger partial charge in [0.1, 0.15) is 5.75 Å².